The third kappa shape index (κ3) is 7.55. The Kier molecular flexibility index (Phi) is 11.4. The zero-order valence-electron chi connectivity index (χ0n) is 24.5. The fraction of sp³-hybridized carbons (Fsp3) is 0.412. The molecule has 1 saturated heterocycles. The molecule has 1 aliphatic rings. The summed E-state index contributed by atoms with van der Waals surface area (Å²) >= 11 is 0. The third-order valence-electron chi connectivity index (χ3n) is 8.05. The standard InChI is InChI=1S/C34H43N2O4P/c1-3-4-24-40-33(38)36(2)28-34(21-25-39-26-22-34)32(37)35-23-14-27-41(29-15-8-5-9-16-29,30-17-10-6-11-18-30)31-19-12-7-13-20-31/h5-13,15-20H,3-4,14,21-28H2,1-2H3/p+1. The van der Waals surface area contributed by atoms with Crippen LogP contribution in [0.2, 0.25) is 0 Å². The van der Waals surface area contributed by atoms with E-state index in [4.69, 9.17) is 9.47 Å². The van der Waals surface area contributed by atoms with Gasteiger partial charge >= 0.3 is 6.09 Å². The second kappa shape index (κ2) is 15.1. The Labute approximate surface area is 245 Å². The molecule has 1 N–H and O–H groups in total. The Morgan fingerprint density at radius 2 is 1.37 bits per heavy atom. The van der Waals surface area contributed by atoms with Crippen molar-refractivity contribution in [3.63, 3.8) is 0 Å². The Morgan fingerprint density at radius 3 is 1.85 bits per heavy atom. The third-order valence-corrected chi connectivity index (χ3v) is 12.6. The van der Waals surface area contributed by atoms with Crippen LogP contribution >= 0.6 is 7.26 Å². The number of unbranched alkanes of at least 4 members (excludes halogenated alkanes) is 1. The summed E-state index contributed by atoms with van der Waals surface area (Å²) in [5.41, 5.74) is -0.679. The predicted octanol–water partition coefficient (Wildman–Crippen LogP) is 5.15. The first-order valence-corrected chi connectivity index (χ1v) is 16.8. The summed E-state index contributed by atoms with van der Waals surface area (Å²) < 4.78 is 11.0. The number of nitrogens with one attached hydrogen (secondary N) is 1. The first kappa shape index (κ1) is 30.7. The molecule has 6 nitrogen and oxygen atoms in total. The van der Waals surface area contributed by atoms with Gasteiger partial charge in [-0.05, 0) is 62.1 Å². The van der Waals surface area contributed by atoms with Crippen molar-refractivity contribution in [2.24, 2.45) is 5.41 Å². The molecule has 4 rings (SSSR count). The van der Waals surface area contributed by atoms with Gasteiger partial charge in [0.05, 0.1) is 18.2 Å². The van der Waals surface area contributed by atoms with Crippen molar-refractivity contribution in [1.29, 1.82) is 0 Å². The molecule has 1 fully saturated rings. The van der Waals surface area contributed by atoms with E-state index in [1.165, 1.54) is 15.9 Å². The van der Waals surface area contributed by atoms with E-state index in [0.29, 0.717) is 45.8 Å². The number of carbonyl (C=O) groups excluding carboxylic acids is 2. The minimum atomic E-state index is -1.95. The van der Waals surface area contributed by atoms with Crippen molar-refractivity contribution in [1.82, 2.24) is 10.2 Å². The quantitative estimate of drug-likeness (QED) is 0.226. The van der Waals surface area contributed by atoms with Gasteiger partial charge < -0.3 is 19.7 Å². The molecule has 0 atom stereocenters. The fourth-order valence-corrected chi connectivity index (χ4v) is 10.1. The second-order valence-electron chi connectivity index (χ2n) is 10.9. The van der Waals surface area contributed by atoms with E-state index in [1.54, 1.807) is 11.9 Å². The van der Waals surface area contributed by atoms with Crippen LogP contribution < -0.4 is 21.2 Å². The molecule has 218 valence electrons. The molecule has 1 aliphatic heterocycles. The number of carbonyl (C=O) groups is 2. The minimum absolute atomic E-state index is 0.00271. The summed E-state index contributed by atoms with van der Waals surface area (Å²) in [4.78, 5) is 27.9. The molecule has 0 radical (unpaired) electrons. The molecule has 3 aromatic carbocycles. The summed E-state index contributed by atoms with van der Waals surface area (Å²) in [6, 6.07) is 32.4. The van der Waals surface area contributed by atoms with E-state index in [0.717, 1.165) is 25.4 Å². The largest absolute Gasteiger partial charge is 0.449 e. The van der Waals surface area contributed by atoms with Gasteiger partial charge in [-0.2, -0.15) is 0 Å². The van der Waals surface area contributed by atoms with Crippen LogP contribution in [0, 0.1) is 5.41 Å². The lowest BCUT2D eigenvalue weighted by molar-refractivity contribution is -0.137. The monoisotopic (exact) mass is 575 g/mol. The normalized spacial score (nSPS) is 14.7. The van der Waals surface area contributed by atoms with Crippen LogP contribution in [0.4, 0.5) is 4.79 Å². The van der Waals surface area contributed by atoms with Gasteiger partial charge in [0, 0.05) is 33.4 Å². The van der Waals surface area contributed by atoms with Crippen molar-refractivity contribution in [2.45, 2.75) is 39.0 Å². The van der Waals surface area contributed by atoms with Crippen LogP contribution in [0.5, 0.6) is 0 Å². The predicted molar refractivity (Wildman–Crippen MR) is 169 cm³/mol. The average Bonchev–Trinajstić information content (AvgIpc) is 3.03. The molecule has 0 aromatic heterocycles. The summed E-state index contributed by atoms with van der Waals surface area (Å²) in [5.74, 6) is -0.00271. The van der Waals surface area contributed by atoms with Crippen LogP contribution in [-0.2, 0) is 14.3 Å². The van der Waals surface area contributed by atoms with Crippen molar-refractivity contribution >= 4 is 35.2 Å². The molecule has 41 heavy (non-hydrogen) atoms. The van der Waals surface area contributed by atoms with Gasteiger partial charge in [-0.3, -0.25) is 4.79 Å². The molecular weight excluding hydrogens is 531 g/mol. The average molecular weight is 576 g/mol. The van der Waals surface area contributed by atoms with Gasteiger partial charge in [0.1, 0.15) is 23.2 Å². The van der Waals surface area contributed by atoms with Crippen LogP contribution in [0.3, 0.4) is 0 Å². The number of benzene rings is 3. The van der Waals surface area contributed by atoms with Crippen molar-refractivity contribution in [3.05, 3.63) is 91.0 Å². The van der Waals surface area contributed by atoms with Gasteiger partial charge in [-0.25, -0.2) is 4.79 Å². The maximum Gasteiger partial charge on any atom is 0.409 e. The number of ether oxygens (including phenoxy) is 2. The smallest absolute Gasteiger partial charge is 0.409 e. The van der Waals surface area contributed by atoms with Crippen molar-refractivity contribution in [2.75, 3.05) is 46.1 Å². The van der Waals surface area contributed by atoms with Crippen molar-refractivity contribution in [3.8, 4) is 0 Å². The molecule has 0 bridgehead atoms. The summed E-state index contributed by atoms with van der Waals surface area (Å²) in [6.07, 6.45) is 4.35. The molecule has 2 amide bonds. The van der Waals surface area contributed by atoms with Gasteiger partial charge in [0.25, 0.3) is 0 Å². The first-order valence-electron chi connectivity index (χ1n) is 14.8. The van der Waals surface area contributed by atoms with Gasteiger partial charge in [0.2, 0.25) is 5.91 Å². The molecule has 7 heteroatoms. The summed E-state index contributed by atoms with van der Waals surface area (Å²) in [6.45, 7) is 4.37. The van der Waals surface area contributed by atoms with Crippen LogP contribution in [0.15, 0.2) is 91.0 Å². The van der Waals surface area contributed by atoms with E-state index in [1.807, 2.05) is 0 Å². The van der Waals surface area contributed by atoms with Crippen LogP contribution in [0.25, 0.3) is 0 Å². The zero-order valence-corrected chi connectivity index (χ0v) is 25.4. The van der Waals surface area contributed by atoms with Gasteiger partial charge in [-0.1, -0.05) is 67.9 Å². The van der Waals surface area contributed by atoms with Gasteiger partial charge in [-0.15, -0.1) is 0 Å². The molecule has 0 unspecified atom stereocenters. The van der Waals surface area contributed by atoms with E-state index in [-0.39, 0.29) is 12.0 Å². The number of nitrogens with zero attached hydrogens (tertiary/aromatic N) is 1. The lowest BCUT2D eigenvalue weighted by atomic mass is 9.78. The highest BCUT2D eigenvalue weighted by molar-refractivity contribution is 7.95. The van der Waals surface area contributed by atoms with Gasteiger partial charge in [0.15, 0.2) is 0 Å². The highest BCUT2D eigenvalue weighted by Gasteiger charge is 2.45. The number of amides is 2. The maximum absolute atomic E-state index is 13.7. The fourth-order valence-electron chi connectivity index (χ4n) is 5.74. The van der Waals surface area contributed by atoms with Crippen LogP contribution in [0.1, 0.15) is 39.0 Å². The topological polar surface area (TPSA) is 67.9 Å². The molecule has 3 aromatic rings. The Hall–Kier alpha value is -3.21. The summed E-state index contributed by atoms with van der Waals surface area (Å²) in [7, 11) is -0.233. The van der Waals surface area contributed by atoms with E-state index in [2.05, 4.69) is 103 Å². The van der Waals surface area contributed by atoms with E-state index >= 15 is 0 Å². The molecule has 1 heterocycles. The van der Waals surface area contributed by atoms with E-state index in [9.17, 15) is 9.59 Å². The molecule has 0 saturated carbocycles. The lowest BCUT2D eigenvalue weighted by Gasteiger charge is -2.38. The molecule has 0 spiro atoms. The Balaban J connectivity index is 1.50. The minimum Gasteiger partial charge on any atom is -0.449 e. The van der Waals surface area contributed by atoms with E-state index < -0.39 is 12.7 Å². The zero-order chi connectivity index (χ0) is 29.0. The molecule has 0 aliphatic carbocycles. The first-order chi connectivity index (χ1) is 20.0. The number of rotatable bonds is 13. The number of hydrogen-bond donors (Lipinski definition) is 1. The highest BCUT2D eigenvalue weighted by Crippen LogP contribution is 2.55. The maximum atomic E-state index is 13.7. The lowest BCUT2D eigenvalue weighted by Crippen LogP contribution is -2.52. The Bertz CT molecular complexity index is 1120. The Morgan fingerprint density at radius 1 is 0.854 bits per heavy atom. The SMILES string of the molecule is CCCCOC(=O)N(C)CC1(C(=O)NCCC[P+](c2ccccc2)(c2ccccc2)c2ccccc2)CCOCC1. The second-order valence-corrected chi connectivity index (χ2v) is 14.5. The van der Waals surface area contributed by atoms with Crippen molar-refractivity contribution < 1.29 is 19.1 Å². The molecular formula is C34H44N2O4P+. The number of hydrogen-bond acceptors (Lipinski definition) is 4. The highest BCUT2D eigenvalue weighted by atomic mass is 31.2. The summed E-state index contributed by atoms with van der Waals surface area (Å²) in [5, 5.41) is 7.28. The van der Waals surface area contributed by atoms with Crippen LogP contribution in [-0.4, -0.2) is 63.0 Å².